The van der Waals surface area contributed by atoms with Gasteiger partial charge in [-0.1, -0.05) is 40.9 Å². The number of carbonyl (C=O) groups excluding carboxylic acids is 1. The number of nitrogens with two attached hydrogens (primary N) is 1. The van der Waals surface area contributed by atoms with Crippen LogP contribution in [0.25, 0.3) is 0 Å². The molecule has 0 aromatic heterocycles. The predicted octanol–water partition coefficient (Wildman–Crippen LogP) is 3.32. The number of hydrogen-bond donors (Lipinski definition) is 1. The van der Waals surface area contributed by atoms with Gasteiger partial charge in [0.25, 0.3) is 0 Å². The second-order valence-electron chi connectivity index (χ2n) is 4.93. The van der Waals surface area contributed by atoms with E-state index in [0.717, 1.165) is 4.31 Å². The van der Waals surface area contributed by atoms with Gasteiger partial charge in [0.1, 0.15) is 0 Å². The van der Waals surface area contributed by atoms with Gasteiger partial charge in [0.05, 0.1) is 11.4 Å². The average molecular weight is 408 g/mol. The van der Waals surface area contributed by atoms with Crippen molar-refractivity contribution in [2.75, 3.05) is 6.54 Å². The quantitative estimate of drug-likeness (QED) is 0.797. The summed E-state index contributed by atoms with van der Waals surface area (Å²) in [4.78, 5) is 11.3. The standard InChI is InChI=1S/C15H13Cl3N2O3S/c16-11-3-5-13(6-4-11)24(22,23)20(9-15(19)21)8-10-1-2-12(17)7-14(10)18/h1-7H,8-9H2,(H2,19,21). The zero-order valence-corrected chi connectivity index (χ0v) is 15.3. The topological polar surface area (TPSA) is 80.5 Å². The Morgan fingerprint density at radius 2 is 1.58 bits per heavy atom. The van der Waals surface area contributed by atoms with E-state index in [9.17, 15) is 13.2 Å². The molecule has 5 nitrogen and oxygen atoms in total. The molecule has 2 aromatic carbocycles. The second-order valence-corrected chi connectivity index (χ2v) is 8.15. The molecule has 0 unspecified atom stereocenters. The van der Waals surface area contributed by atoms with E-state index in [1.165, 1.54) is 30.3 Å². The fourth-order valence-corrected chi connectivity index (χ4v) is 3.97. The number of sulfonamides is 1. The first-order valence-corrected chi connectivity index (χ1v) is 9.25. The molecule has 2 rings (SSSR count). The van der Waals surface area contributed by atoms with Crippen LogP contribution in [-0.2, 0) is 21.4 Å². The lowest BCUT2D eigenvalue weighted by molar-refractivity contribution is -0.118. The van der Waals surface area contributed by atoms with Crippen molar-refractivity contribution in [2.24, 2.45) is 5.73 Å². The Morgan fingerprint density at radius 3 is 2.12 bits per heavy atom. The molecule has 2 N–H and O–H groups in total. The lowest BCUT2D eigenvalue weighted by Crippen LogP contribution is -2.38. The highest BCUT2D eigenvalue weighted by Gasteiger charge is 2.26. The van der Waals surface area contributed by atoms with Gasteiger partial charge in [0.2, 0.25) is 15.9 Å². The molecule has 0 spiro atoms. The van der Waals surface area contributed by atoms with Crippen LogP contribution in [0, 0.1) is 0 Å². The van der Waals surface area contributed by atoms with E-state index in [-0.39, 0.29) is 11.4 Å². The molecule has 0 aliphatic carbocycles. The van der Waals surface area contributed by atoms with Crippen LogP contribution in [-0.4, -0.2) is 25.2 Å². The SMILES string of the molecule is NC(=O)CN(Cc1ccc(Cl)cc1Cl)S(=O)(=O)c1ccc(Cl)cc1. The summed E-state index contributed by atoms with van der Waals surface area (Å²) in [5.74, 6) is -0.780. The van der Waals surface area contributed by atoms with E-state index >= 15 is 0 Å². The molecule has 0 heterocycles. The van der Waals surface area contributed by atoms with Crippen molar-refractivity contribution < 1.29 is 13.2 Å². The van der Waals surface area contributed by atoms with Gasteiger partial charge in [-0.25, -0.2) is 8.42 Å². The van der Waals surface area contributed by atoms with E-state index in [1.54, 1.807) is 12.1 Å². The summed E-state index contributed by atoms with van der Waals surface area (Å²) in [7, 11) is -3.96. The molecular formula is C15H13Cl3N2O3S. The second kappa shape index (κ2) is 7.72. The number of rotatable bonds is 6. The molecule has 24 heavy (non-hydrogen) atoms. The van der Waals surface area contributed by atoms with Crippen LogP contribution in [0.1, 0.15) is 5.56 Å². The van der Waals surface area contributed by atoms with Crippen LogP contribution < -0.4 is 5.73 Å². The van der Waals surface area contributed by atoms with Crippen molar-refractivity contribution in [2.45, 2.75) is 11.4 Å². The minimum absolute atomic E-state index is 0.00163. The molecular weight excluding hydrogens is 395 g/mol. The Hall–Kier alpha value is -1.31. The van der Waals surface area contributed by atoms with Crippen molar-refractivity contribution in [3.05, 3.63) is 63.1 Å². The molecule has 0 aliphatic heterocycles. The van der Waals surface area contributed by atoms with E-state index in [1.807, 2.05) is 0 Å². The average Bonchev–Trinajstić information content (AvgIpc) is 2.49. The number of halogens is 3. The summed E-state index contributed by atoms with van der Waals surface area (Å²) in [5.41, 5.74) is 5.69. The van der Waals surface area contributed by atoms with Gasteiger partial charge >= 0.3 is 0 Å². The van der Waals surface area contributed by atoms with Crippen LogP contribution in [0.15, 0.2) is 47.4 Å². The van der Waals surface area contributed by atoms with Crippen LogP contribution >= 0.6 is 34.8 Å². The van der Waals surface area contributed by atoms with Crippen molar-refractivity contribution in [1.29, 1.82) is 0 Å². The maximum absolute atomic E-state index is 12.8. The lowest BCUT2D eigenvalue weighted by Gasteiger charge is -2.21. The summed E-state index contributed by atoms with van der Waals surface area (Å²) >= 11 is 17.7. The summed E-state index contributed by atoms with van der Waals surface area (Å²) in [5, 5.41) is 1.12. The van der Waals surface area contributed by atoms with Crippen LogP contribution in [0.4, 0.5) is 0 Å². The summed E-state index contributed by atoms with van der Waals surface area (Å²) in [6.07, 6.45) is 0. The third-order valence-corrected chi connectivity index (χ3v) is 5.79. The molecule has 0 saturated carbocycles. The smallest absolute Gasteiger partial charge is 0.243 e. The van der Waals surface area contributed by atoms with Gasteiger partial charge in [-0.3, -0.25) is 4.79 Å². The normalized spacial score (nSPS) is 11.7. The third-order valence-electron chi connectivity index (χ3n) is 3.15. The Bertz CT molecular complexity index is 855. The van der Waals surface area contributed by atoms with Crippen molar-refractivity contribution in [1.82, 2.24) is 4.31 Å². The maximum atomic E-state index is 12.8. The van der Waals surface area contributed by atoms with E-state index < -0.39 is 22.5 Å². The molecule has 0 saturated heterocycles. The van der Waals surface area contributed by atoms with Crippen molar-refractivity contribution >= 4 is 50.7 Å². The number of amides is 1. The van der Waals surface area contributed by atoms with Crippen molar-refractivity contribution in [3.63, 3.8) is 0 Å². The zero-order valence-electron chi connectivity index (χ0n) is 12.2. The molecule has 2 aromatic rings. The van der Waals surface area contributed by atoms with Gasteiger partial charge in [0, 0.05) is 21.6 Å². The van der Waals surface area contributed by atoms with E-state index in [0.29, 0.717) is 20.6 Å². The van der Waals surface area contributed by atoms with Gasteiger partial charge in [0.15, 0.2) is 0 Å². The molecule has 1 amide bonds. The van der Waals surface area contributed by atoms with Gasteiger partial charge in [-0.15, -0.1) is 0 Å². The predicted molar refractivity (Wildman–Crippen MR) is 94.7 cm³/mol. The minimum atomic E-state index is -3.96. The Morgan fingerprint density at radius 1 is 1.00 bits per heavy atom. The van der Waals surface area contributed by atoms with Crippen LogP contribution in [0.5, 0.6) is 0 Å². The fourth-order valence-electron chi connectivity index (χ4n) is 2.00. The Labute approximate surface area is 155 Å². The summed E-state index contributed by atoms with van der Waals surface area (Å²) in [6, 6.07) is 10.3. The molecule has 9 heteroatoms. The first-order valence-electron chi connectivity index (χ1n) is 6.68. The number of nitrogens with zero attached hydrogens (tertiary/aromatic N) is 1. The molecule has 0 fully saturated rings. The van der Waals surface area contributed by atoms with Crippen molar-refractivity contribution in [3.8, 4) is 0 Å². The summed E-state index contributed by atoms with van der Waals surface area (Å²) < 4.78 is 26.5. The number of benzene rings is 2. The van der Waals surface area contributed by atoms with Gasteiger partial charge < -0.3 is 5.73 Å². The van der Waals surface area contributed by atoms with E-state index in [4.69, 9.17) is 40.5 Å². The number of hydrogen-bond acceptors (Lipinski definition) is 3. The third kappa shape index (κ3) is 4.62. The largest absolute Gasteiger partial charge is 0.369 e. The van der Waals surface area contributed by atoms with Crippen LogP contribution in [0.2, 0.25) is 15.1 Å². The van der Waals surface area contributed by atoms with Gasteiger partial charge in [-0.05, 0) is 42.0 Å². The highest BCUT2D eigenvalue weighted by Crippen LogP contribution is 2.25. The maximum Gasteiger partial charge on any atom is 0.243 e. The number of carbonyl (C=O) groups is 1. The molecule has 0 bridgehead atoms. The molecule has 0 atom stereocenters. The first-order chi connectivity index (χ1) is 11.2. The monoisotopic (exact) mass is 406 g/mol. The van der Waals surface area contributed by atoms with E-state index in [2.05, 4.69) is 0 Å². The van der Waals surface area contributed by atoms with Gasteiger partial charge in [-0.2, -0.15) is 4.31 Å². The highest BCUT2D eigenvalue weighted by atomic mass is 35.5. The molecule has 128 valence electrons. The fraction of sp³-hybridized carbons (Fsp3) is 0.133. The Balaban J connectivity index is 2.40. The summed E-state index contributed by atoms with van der Waals surface area (Å²) in [6.45, 7) is -0.603. The molecule has 0 aliphatic rings. The molecule has 0 radical (unpaired) electrons. The highest BCUT2D eigenvalue weighted by molar-refractivity contribution is 7.89. The Kier molecular flexibility index (Phi) is 6.11. The first kappa shape index (κ1) is 19.0. The minimum Gasteiger partial charge on any atom is -0.369 e. The number of primary amides is 1. The zero-order chi connectivity index (χ0) is 17.9. The lowest BCUT2D eigenvalue weighted by atomic mass is 10.2. The van der Waals surface area contributed by atoms with Crippen LogP contribution in [0.3, 0.4) is 0 Å².